The molecule has 0 unspecified atom stereocenters. The second-order valence-electron chi connectivity index (χ2n) is 4.97. The first-order valence-corrected chi connectivity index (χ1v) is 6.78. The number of hydrogen-bond donors (Lipinski definition) is 2. The summed E-state index contributed by atoms with van der Waals surface area (Å²) in [7, 11) is 0. The van der Waals surface area contributed by atoms with Crippen molar-refractivity contribution in [1.29, 1.82) is 0 Å². The SMILES string of the molecule is CCc1cc(C(=O)N(CC)CC(C)C)cc(NN)n1. The minimum absolute atomic E-state index is 0.0322. The highest BCUT2D eigenvalue weighted by Crippen LogP contribution is 2.14. The Hall–Kier alpha value is -1.62. The highest BCUT2D eigenvalue weighted by Gasteiger charge is 2.16. The van der Waals surface area contributed by atoms with Crippen molar-refractivity contribution in [3.63, 3.8) is 0 Å². The third-order valence-corrected chi connectivity index (χ3v) is 2.89. The van der Waals surface area contributed by atoms with Crippen LogP contribution in [-0.2, 0) is 6.42 Å². The first kappa shape index (κ1) is 15.4. The summed E-state index contributed by atoms with van der Waals surface area (Å²) in [5, 5.41) is 0. The van der Waals surface area contributed by atoms with Gasteiger partial charge in [0.1, 0.15) is 5.82 Å². The Balaban J connectivity index is 3.02. The number of nitrogens with one attached hydrogen (secondary N) is 1. The number of nitrogens with two attached hydrogens (primary N) is 1. The first-order chi connectivity index (χ1) is 9.01. The normalized spacial score (nSPS) is 10.6. The third kappa shape index (κ3) is 4.21. The van der Waals surface area contributed by atoms with Gasteiger partial charge in [0.25, 0.3) is 5.91 Å². The van der Waals surface area contributed by atoms with E-state index < -0.39 is 0 Å². The van der Waals surface area contributed by atoms with Gasteiger partial charge in [0.05, 0.1) is 0 Å². The van der Waals surface area contributed by atoms with Crippen LogP contribution < -0.4 is 11.3 Å². The molecule has 5 nitrogen and oxygen atoms in total. The topological polar surface area (TPSA) is 71.2 Å². The summed E-state index contributed by atoms with van der Waals surface area (Å²) < 4.78 is 0. The summed E-state index contributed by atoms with van der Waals surface area (Å²) in [5.41, 5.74) is 4.01. The fraction of sp³-hybridized carbons (Fsp3) is 0.571. The predicted molar refractivity (Wildman–Crippen MR) is 77.8 cm³/mol. The molecule has 19 heavy (non-hydrogen) atoms. The smallest absolute Gasteiger partial charge is 0.254 e. The van der Waals surface area contributed by atoms with Crippen molar-refractivity contribution in [3.8, 4) is 0 Å². The van der Waals surface area contributed by atoms with Crippen LogP contribution in [0.15, 0.2) is 12.1 Å². The van der Waals surface area contributed by atoms with E-state index in [0.717, 1.165) is 18.7 Å². The number of hydrazine groups is 1. The van der Waals surface area contributed by atoms with E-state index in [1.54, 1.807) is 6.07 Å². The molecular formula is C14H24N4O. The summed E-state index contributed by atoms with van der Waals surface area (Å²) >= 11 is 0. The van der Waals surface area contributed by atoms with Crippen LogP contribution in [0.3, 0.4) is 0 Å². The second kappa shape index (κ2) is 7.09. The molecule has 1 aromatic heterocycles. The Morgan fingerprint density at radius 2 is 2.11 bits per heavy atom. The summed E-state index contributed by atoms with van der Waals surface area (Å²) in [6, 6.07) is 3.54. The van der Waals surface area contributed by atoms with Gasteiger partial charge in [-0.3, -0.25) is 4.79 Å². The third-order valence-electron chi connectivity index (χ3n) is 2.89. The highest BCUT2D eigenvalue weighted by molar-refractivity contribution is 5.95. The van der Waals surface area contributed by atoms with Crippen molar-refractivity contribution in [2.45, 2.75) is 34.1 Å². The monoisotopic (exact) mass is 264 g/mol. The van der Waals surface area contributed by atoms with Crippen molar-refractivity contribution < 1.29 is 4.79 Å². The van der Waals surface area contributed by atoms with E-state index in [4.69, 9.17) is 5.84 Å². The van der Waals surface area contributed by atoms with Crippen LogP contribution in [0.25, 0.3) is 0 Å². The lowest BCUT2D eigenvalue weighted by Gasteiger charge is -2.23. The van der Waals surface area contributed by atoms with E-state index in [-0.39, 0.29) is 5.91 Å². The van der Waals surface area contributed by atoms with Gasteiger partial charge in [-0.15, -0.1) is 0 Å². The number of nitrogens with zero attached hydrogens (tertiary/aromatic N) is 2. The average Bonchev–Trinajstić information content (AvgIpc) is 2.42. The van der Waals surface area contributed by atoms with E-state index in [0.29, 0.717) is 23.8 Å². The summed E-state index contributed by atoms with van der Waals surface area (Å²) in [6.07, 6.45) is 0.770. The molecule has 0 aliphatic carbocycles. The maximum Gasteiger partial charge on any atom is 0.254 e. The molecule has 0 aromatic carbocycles. The molecule has 1 rings (SSSR count). The van der Waals surface area contributed by atoms with Gasteiger partial charge >= 0.3 is 0 Å². The van der Waals surface area contributed by atoms with Crippen molar-refractivity contribution in [2.75, 3.05) is 18.5 Å². The molecule has 0 saturated carbocycles. The molecule has 0 aliphatic heterocycles. The van der Waals surface area contributed by atoms with Crippen LogP contribution >= 0.6 is 0 Å². The number of pyridine rings is 1. The van der Waals surface area contributed by atoms with E-state index in [1.807, 2.05) is 24.8 Å². The lowest BCUT2D eigenvalue weighted by Crippen LogP contribution is -2.34. The van der Waals surface area contributed by atoms with E-state index in [1.165, 1.54) is 0 Å². The van der Waals surface area contributed by atoms with Crippen LogP contribution in [0.4, 0.5) is 5.82 Å². The van der Waals surface area contributed by atoms with Gasteiger partial charge in [-0.1, -0.05) is 20.8 Å². The number of hydrogen-bond acceptors (Lipinski definition) is 4. The molecule has 0 saturated heterocycles. The standard InChI is InChI=1S/C14H24N4O/c1-5-12-7-11(8-13(16-12)17-15)14(19)18(6-2)9-10(3)4/h7-8,10H,5-6,9,15H2,1-4H3,(H,16,17). The van der Waals surface area contributed by atoms with Crippen LogP contribution in [0.2, 0.25) is 0 Å². The number of carbonyl (C=O) groups excluding carboxylic acids is 1. The Bertz CT molecular complexity index is 409. The van der Waals surface area contributed by atoms with Crippen molar-refractivity contribution in [3.05, 3.63) is 23.4 Å². The molecule has 0 radical (unpaired) electrons. The number of rotatable bonds is 6. The maximum atomic E-state index is 12.5. The largest absolute Gasteiger partial charge is 0.339 e. The van der Waals surface area contributed by atoms with Gasteiger partial charge in [0.15, 0.2) is 0 Å². The van der Waals surface area contributed by atoms with Crippen LogP contribution in [0.5, 0.6) is 0 Å². The van der Waals surface area contributed by atoms with Crippen molar-refractivity contribution in [1.82, 2.24) is 9.88 Å². The van der Waals surface area contributed by atoms with Crippen LogP contribution in [0, 0.1) is 5.92 Å². The van der Waals surface area contributed by atoms with Gasteiger partial charge in [-0.2, -0.15) is 0 Å². The zero-order valence-corrected chi connectivity index (χ0v) is 12.2. The number of carbonyl (C=O) groups is 1. The Labute approximate surface area is 115 Å². The molecule has 1 aromatic rings. The Kier molecular flexibility index (Phi) is 5.76. The van der Waals surface area contributed by atoms with Gasteiger partial charge < -0.3 is 10.3 Å². The van der Waals surface area contributed by atoms with Crippen LogP contribution in [0.1, 0.15) is 43.7 Å². The minimum Gasteiger partial charge on any atom is -0.339 e. The lowest BCUT2D eigenvalue weighted by molar-refractivity contribution is 0.0745. The van der Waals surface area contributed by atoms with E-state index >= 15 is 0 Å². The molecule has 0 aliphatic rings. The van der Waals surface area contributed by atoms with Gasteiger partial charge in [0.2, 0.25) is 0 Å². The molecular weight excluding hydrogens is 240 g/mol. The molecule has 0 fully saturated rings. The lowest BCUT2D eigenvalue weighted by atomic mass is 10.1. The van der Waals surface area contributed by atoms with Crippen molar-refractivity contribution >= 4 is 11.7 Å². The fourth-order valence-corrected chi connectivity index (χ4v) is 1.95. The number of nitrogen functional groups attached to an aromatic ring is 1. The highest BCUT2D eigenvalue weighted by atomic mass is 16.2. The summed E-state index contributed by atoms with van der Waals surface area (Å²) in [6.45, 7) is 9.66. The molecule has 5 heteroatoms. The summed E-state index contributed by atoms with van der Waals surface area (Å²) in [4.78, 5) is 18.6. The molecule has 3 N–H and O–H groups in total. The Morgan fingerprint density at radius 1 is 1.42 bits per heavy atom. The Morgan fingerprint density at radius 3 is 2.58 bits per heavy atom. The second-order valence-corrected chi connectivity index (χ2v) is 4.97. The molecule has 1 heterocycles. The first-order valence-electron chi connectivity index (χ1n) is 6.78. The molecule has 0 bridgehead atoms. The quantitative estimate of drug-likeness (QED) is 0.609. The average molecular weight is 264 g/mol. The molecule has 0 atom stereocenters. The van der Waals surface area contributed by atoms with E-state index in [9.17, 15) is 4.79 Å². The maximum absolute atomic E-state index is 12.5. The molecule has 0 spiro atoms. The zero-order chi connectivity index (χ0) is 14.4. The van der Waals surface area contributed by atoms with Gasteiger partial charge in [-0.05, 0) is 31.4 Å². The van der Waals surface area contributed by atoms with E-state index in [2.05, 4.69) is 24.3 Å². The summed E-state index contributed by atoms with van der Waals surface area (Å²) in [5.74, 6) is 6.41. The number of aryl methyl sites for hydroxylation is 1. The molecule has 1 amide bonds. The zero-order valence-electron chi connectivity index (χ0n) is 12.2. The van der Waals surface area contributed by atoms with Crippen molar-refractivity contribution in [2.24, 2.45) is 11.8 Å². The molecule has 106 valence electrons. The van der Waals surface area contributed by atoms with Gasteiger partial charge in [-0.25, -0.2) is 10.8 Å². The van der Waals surface area contributed by atoms with Crippen LogP contribution in [-0.4, -0.2) is 28.9 Å². The number of amides is 1. The number of anilines is 1. The fourth-order valence-electron chi connectivity index (χ4n) is 1.95. The number of aromatic nitrogens is 1. The van der Waals surface area contributed by atoms with Gasteiger partial charge in [0, 0.05) is 24.3 Å². The predicted octanol–water partition coefficient (Wildman–Crippen LogP) is 2.05. The minimum atomic E-state index is 0.0322.